The lowest BCUT2D eigenvalue weighted by Crippen LogP contribution is -2.11. The molecule has 0 heterocycles. The normalized spacial score (nSPS) is 10.8. The Balaban J connectivity index is 3.01. The predicted octanol–water partition coefficient (Wildman–Crippen LogP) is 2.11. The van der Waals surface area contributed by atoms with E-state index < -0.39 is 5.82 Å². The van der Waals surface area contributed by atoms with Crippen LogP contribution in [-0.2, 0) is 6.54 Å². The summed E-state index contributed by atoms with van der Waals surface area (Å²) in [4.78, 5) is 0. The summed E-state index contributed by atoms with van der Waals surface area (Å²) in [7, 11) is 1.44. The van der Waals surface area contributed by atoms with E-state index in [1.165, 1.54) is 13.1 Å². The van der Waals surface area contributed by atoms with E-state index in [1.54, 1.807) is 0 Å². The summed E-state index contributed by atoms with van der Waals surface area (Å²) in [6, 6.07) is 2.43. The summed E-state index contributed by atoms with van der Waals surface area (Å²) in [5.41, 5.74) is 0.457. The molecule has 2 N–H and O–H groups in total. The highest BCUT2D eigenvalue weighted by Gasteiger charge is 2.08. The first kappa shape index (κ1) is 10.4. The van der Waals surface area contributed by atoms with E-state index in [-0.39, 0.29) is 16.8 Å². The SMILES string of the molecule is CN(O)Cc1cc(Br)c(F)cc1O. The van der Waals surface area contributed by atoms with Crippen LogP contribution >= 0.6 is 15.9 Å². The number of aromatic hydroxyl groups is 1. The van der Waals surface area contributed by atoms with Crippen LogP contribution < -0.4 is 0 Å². The second kappa shape index (κ2) is 4.04. The highest BCUT2D eigenvalue weighted by molar-refractivity contribution is 9.10. The van der Waals surface area contributed by atoms with Gasteiger partial charge in [-0.05, 0) is 22.0 Å². The fraction of sp³-hybridized carbons (Fsp3) is 0.250. The predicted molar refractivity (Wildman–Crippen MR) is 49.0 cm³/mol. The maximum Gasteiger partial charge on any atom is 0.141 e. The van der Waals surface area contributed by atoms with Gasteiger partial charge in [0.15, 0.2) is 0 Å². The zero-order valence-corrected chi connectivity index (χ0v) is 8.55. The zero-order chi connectivity index (χ0) is 10.0. The lowest BCUT2D eigenvalue weighted by atomic mass is 10.2. The Labute approximate surface area is 83.5 Å². The van der Waals surface area contributed by atoms with Crippen molar-refractivity contribution in [3.63, 3.8) is 0 Å². The van der Waals surface area contributed by atoms with E-state index >= 15 is 0 Å². The van der Waals surface area contributed by atoms with Crippen molar-refractivity contribution >= 4 is 15.9 Å². The Kier molecular flexibility index (Phi) is 3.24. The molecule has 5 heteroatoms. The minimum Gasteiger partial charge on any atom is -0.508 e. The van der Waals surface area contributed by atoms with Crippen LogP contribution in [0.3, 0.4) is 0 Å². The molecule has 0 unspecified atom stereocenters. The maximum atomic E-state index is 12.8. The summed E-state index contributed by atoms with van der Waals surface area (Å²) >= 11 is 2.98. The molecular formula is C8H9BrFNO2. The Morgan fingerprint density at radius 1 is 1.54 bits per heavy atom. The fourth-order valence-corrected chi connectivity index (χ4v) is 1.34. The number of rotatable bonds is 2. The Morgan fingerprint density at radius 2 is 2.15 bits per heavy atom. The van der Waals surface area contributed by atoms with Crippen LogP contribution in [0.1, 0.15) is 5.56 Å². The molecule has 0 spiro atoms. The summed E-state index contributed by atoms with van der Waals surface area (Å²) in [6.45, 7) is 0.144. The Bertz CT molecular complexity index is 317. The van der Waals surface area contributed by atoms with Crippen molar-refractivity contribution in [2.75, 3.05) is 7.05 Å². The van der Waals surface area contributed by atoms with Crippen LogP contribution in [0.25, 0.3) is 0 Å². The minimum absolute atomic E-state index is 0.144. The second-order valence-electron chi connectivity index (χ2n) is 2.71. The molecule has 0 aliphatic carbocycles. The van der Waals surface area contributed by atoms with Crippen molar-refractivity contribution in [1.82, 2.24) is 5.06 Å². The molecule has 3 nitrogen and oxygen atoms in total. The molecule has 0 radical (unpaired) electrons. The largest absolute Gasteiger partial charge is 0.508 e. The summed E-state index contributed by atoms with van der Waals surface area (Å²) in [5.74, 6) is -0.691. The van der Waals surface area contributed by atoms with Gasteiger partial charge in [-0.15, -0.1) is 0 Å². The molecule has 72 valence electrons. The monoisotopic (exact) mass is 249 g/mol. The Morgan fingerprint density at radius 3 is 2.69 bits per heavy atom. The molecular weight excluding hydrogens is 241 g/mol. The number of phenols is 1. The van der Waals surface area contributed by atoms with E-state index in [0.29, 0.717) is 5.56 Å². The number of hydrogen-bond donors (Lipinski definition) is 2. The molecule has 0 bridgehead atoms. The molecule has 1 rings (SSSR count). The number of hydroxylamine groups is 2. The molecule has 0 atom stereocenters. The van der Waals surface area contributed by atoms with Gasteiger partial charge in [-0.2, -0.15) is 5.06 Å². The minimum atomic E-state index is -0.526. The molecule has 0 amide bonds. The van der Waals surface area contributed by atoms with Gasteiger partial charge in [-0.3, -0.25) is 0 Å². The van der Waals surface area contributed by atoms with Gasteiger partial charge < -0.3 is 10.3 Å². The first-order valence-corrected chi connectivity index (χ1v) is 4.37. The van der Waals surface area contributed by atoms with E-state index in [1.807, 2.05) is 0 Å². The smallest absolute Gasteiger partial charge is 0.141 e. The van der Waals surface area contributed by atoms with Crippen LogP contribution in [0.15, 0.2) is 16.6 Å². The number of benzene rings is 1. The highest BCUT2D eigenvalue weighted by atomic mass is 79.9. The van der Waals surface area contributed by atoms with Crippen molar-refractivity contribution in [2.45, 2.75) is 6.54 Å². The second-order valence-corrected chi connectivity index (χ2v) is 3.57. The van der Waals surface area contributed by atoms with Gasteiger partial charge in [-0.25, -0.2) is 4.39 Å². The molecule has 0 saturated heterocycles. The number of hydrogen-bond acceptors (Lipinski definition) is 3. The first-order valence-electron chi connectivity index (χ1n) is 3.57. The number of nitrogens with zero attached hydrogens (tertiary/aromatic N) is 1. The van der Waals surface area contributed by atoms with Gasteiger partial charge in [0, 0.05) is 18.7 Å². The molecule has 0 saturated carbocycles. The average Bonchev–Trinajstić information content (AvgIpc) is 1.99. The van der Waals surface area contributed by atoms with Gasteiger partial charge in [0.25, 0.3) is 0 Å². The molecule has 0 aliphatic heterocycles. The van der Waals surface area contributed by atoms with Crippen molar-refractivity contribution in [1.29, 1.82) is 0 Å². The highest BCUT2D eigenvalue weighted by Crippen LogP contribution is 2.25. The van der Waals surface area contributed by atoms with Gasteiger partial charge in [0.05, 0.1) is 11.0 Å². The molecule has 0 fully saturated rings. The third kappa shape index (κ3) is 2.65. The molecule has 1 aromatic carbocycles. The summed E-state index contributed by atoms with van der Waals surface area (Å²) < 4.78 is 13.1. The third-order valence-electron chi connectivity index (χ3n) is 1.52. The van der Waals surface area contributed by atoms with Crippen molar-refractivity contribution in [3.05, 3.63) is 28.0 Å². The first-order chi connectivity index (χ1) is 6.00. The molecule has 0 aliphatic rings. The fourth-order valence-electron chi connectivity index (χ4n) is 0.951. The molecule has 0 aromatic heterocycles. The topological polar surface area (TPSA) is 43.7 Å². The quantitative estimate of drug-likeness (QED) is 0.790. The third-order valence-corrected chi connectivity index (χ3v) is 2.13. The number of phenolic OH excluding ortho intramolecular Hbond substituents is 1. The van der Waals surface area contributed by atoms with Crippen LogP contribution in [0.4, 0.5) is 4.39 Å². The van der Waals surface area contributed by atoms with E-state index in [9.17, 15) is 9.50 Å². The Hall–Kier alpha value is -0.650. The van der Waals surface area contributed by atoms with Crippen LogP contribution in [0, 0.1) is 5.82 Å². The van der Waals surface area contributed by atoms with Crippen LogP contribution in [0.2, 0.25) is 0 Å². The molecule has 13 heavy (non-hydrogen) atoms. The maximum absolute atomic E-state index is 12.8. The van der Waals surface area contributed by atoms with Gasteiger partial charge >= 0.3 is 0 Å². The van der Waals surface area contributed by atoms with E-state index in [4.69, 9.17) is 5.21 Å². The van der Waals surface area contributed by atoms with Crippen molar-refractivity contribution < 1.29 is 14.7 Å². The summed E-state index contributed by atoms with van der Waals surface area (Å²) in [5, 5.41) is 19.1. The van der Waals surface area contributed by atoms with Crippen molar-refractivity contribution in [2.24, 2.45) is 0 Å². The van der Waals surface area contributed by atoms with Crippen molar-refractivity contribution in [3.8, 4) is 5.75 Å². The standard InChI is InChI=1S/C8H9BrFNO2/c1-11(13)4-5-2-6(9)7(10)3-8(5)12/h2-3,12-13H,4H2,1H3. The van der Waals surface area contributed by atoms with Crippen LogP contribution in [-0.4, -0.2) is 22.4 Å². The van der Waals surface area contributed by atoms with Gasteiger partial charge in [0.1, 0.15) is 11.6 Å². The average molecular weight is 250 g/mol. The lowest BCUT2D eigenvalue weighted by molar-refractivity contribution is -0.0735. The lowest BCUT2D eigenvalue weighted by Gasteiger charge is -2.10. The zero-order valence-electron chi connectivity index (χ0n) is 6.96. The van der Waals surface area contributed by atoms with Gasteiger partial charge in [-0.1, -0.05) is 0 Å². The van der Waals surface area contributed by atoms with Crippen LogP contribution in [0.5, 0.6) is 5.75 Å². The summed E-state index contributed by atoms with van der Waals surface area (Å²) in [6.07, 6.45) is 0. The van der Waals surface area contributed by atoms with E-state index in [2.05, 4.69) is 15.9 Å². The molecule has 1 aromatic rings. The number of halogens is 2. The van der Waals surface area contributed by atoms with Gasteiger partial charge in [0.2, 0.25) is 0 Å². The van der Waals surface area contributed by atoms with E-state index in [0.717, 1.165) is 11.1 Å².